The molecule has 3 nitrogen and oxygen atoms in total. The molecule has 0 aromatic carbocycles. The van der Waals surface area contributed by atoms with Crippen LogP contribution in [0.4, 0.5) is 0 Å². The first-order valence-corrected chi connectivity index (χ1v) is 4.77. The number of aliphatic hydroxyl groups excluding tert-OH is 1. The summed E-state index contributed by atoms with van der Waals surface area (Å²) in [6.45, 7) is 7.56. The number of aliphatic hydroxyl groups is 1. The number of rotatable bonds is 7. The van der Waals surface area contributed by atoms with E-state index in [4.69, 9.17) is 5.11 Å². The maximum Gasteiger partial charge on any atom is 0.0446 e. The van der Waals surface area contributed by atoms with Gasteiger partial charge in [0.25, 0.3) is 0 Å². The molecular weight excluding hydrogens is 152 g/mol. The number of nitrogens with one attached hydrogen (secondary N) is 1. The van der Waals surface area contributed by atoms with E-state index in [0.29, 0.717) is 6.04 Å². The molecule has 0 rings (SSSR count). The van der Waals surface area contributed by atoms with Gasteiger partial charge in [-0.25, -0.2) is 0 Å². The minimum Gasteiger partial charge on any atom is -0.396 e. The largest absolute Gasteiger partial charge is 0.396 e. The van der Waals surface area contributed by atoms with Gasteiger partial charge in [-0.3, -0.25) is 0 Å². The lowest BCUT2D eigenvalue weighted by Gasteiger charge is -2.22. The molecule has 0 aliphatic heterocycles. The van der Waals surface area contributed by atoms with Gasteiger partial charge in [-0.05, 0) is 26.6 Å². The van der Waals surface area contributed by atoms with Gasteiger partial charge in [-0.15, -0.1) is 0 Å². The van der Waals surface area contributed by atoms with Crippen LogP contribution in [0.1, 0.15) is 20.3 Å². The fraction of sp³-hybridized carbons (Fsp3) is 1.00. The van der Waals surface area contributed by atoms with E-state index in [1.54, 1.807) is 0 Å². The topological polar surface area (TPSA) is 35.5 Å². The molecule has 0 saturated heterocycles. The zero-order chi connectivity index (χ0) is 9.40. The summed E-state index contributed by atoms with van der Waals surface area (Å²) in [5.41, 5.74) is 0. The van der Waals surface area contributed by atoms with Crippen molar-refractivity contribution in [3.8, 4) is 0 Å². The fourth-order valence-corrected chi connectivity index (χ4v) is 1.21. The van der Waals surface area contributed by atoms with Crippen LogP contribution in [0.2, 0.25) is 0 Å². The van der Waals surface area contributed by atoms with Gasteiger partial charge in [0.05, 0.1) is 0 Å². The summed E-state index contributed by atoms with van der Waals surface area (Å²) in [7, 11) is 2.10. The first kappa shape index (κ1) is 11.9. The van der Waals surface area contributed by atoms with Crippen LogP contribution in [-0.4, -0.2) is 49.3 Å². The summed E-state index contributed by atoms with van der Waals surface area (Å²) < 4.78 is 0. The molecule has 3 heteroatoms. The average molecular weight is 174 g/mol. The molecule has 0 aliphatic rings. The van der Waals surface area contributed by atoms with E-state index in [2.05, 4.69) is 31.1 Å². The minimum absolute atomic E-state index is 0.273. The molecule has 0 amide bonds. The van der Waals surface area contributed by atoms with Crippen molar-refractivity contribution >= 4 is 0 Å². The van der Waals surface area contributed by atoms with Crippen molar-refractivity contribution in [3.63, 3.8) is 0 Å². The second-order valence-corrected chi connectivity index (χ2v) is 3.12. The highest BCUT2D eigenvalue weighted by Gasteiger charge is 2.07. The fourth-order valence-electron chi connectivity index (χ4n) is 1.21. The molecular formula is C9H22N2O. The smallest absolute Gasteiger partial charge is 0.0446 e. The van der Waals surface area contributed by atoms with Crippen LogP contribution in [0, 0.1) is 0 Å². The van der Waals surface area contributed by atoms with Gasteiger partial charge in [-0.2, -0.15) is 0 Å². The Bertz CT molecular complexity index is 92.5. The van der Waals surface area contributed by atoms with Gasteiger partial charge in [-0.1, -0.05) is 13.8 Å². The third kappa shape index (κ3) is 5.52. The molecule has 2 N–H and O–H groups in total. The Labute approximate surface area is 75.8 Å². The molecule has 0 bridgehead atoms. The normalized spacial score (nSPS) is 13.8. The third-order valence-electron chi connectivity index (χ3n) is 2.04. The second-order valence-electron chi connectivity index (χ2n) is 3.12. The molecule has 0 aromatic heterocycles. The predicted molar refractivity (Wildman–Crippen MR) is 52.3 cm³/mol. The Morgan fingerprint density at radius 2 is 2.08 bits per heavy atom. The van der Waals surface area contributed by atoms with Gasteiger partial charge in [0.2, 0.25) is 0 Å². The quantitative estimate of drug-likeness (QED) is 0.582. The average Bonchev–Trinajstić information content (AvgIpc) is 2.05. The summed E-state index contributed by atoms with van der Waals surface area (Å²) in [6.07, 6.45) is 0.845. The number of hydrogen-bond acceptors (Lipinski definition) is 3. The molecule has 0 spiro atoms. The summed E-state index contributed by atoms with van der Waals surface area (Å²) in [4.78, 5) is 2.25. The van der Waals surface area contributed by atoms with Crippen molar-refractivity contribution in [2.75, 3.05) is 33.3 Å². The van der Waals surface area contributed by atoms with Crippen LogP contribution in [0.25, 0.3) is 0 Å². The second kappa shape index (κ2) is 7.53. The van der Waals surface area contributed by atoms with E-state index in [0.717, 1.165) is 26.1 Å². The molecule has 0 radical (unpaired) electrons. The standard InChI is InChI=1S/C9H22N2O/c1-4-10-9(6-7-12)8-11(3)5-2/h9-10,12H,4-8H2,1-3H3. The Kier molecular flexibility index (Phi) is 7.45. The highest BCUT2D eigenvalue weighted by molar-refractivity contribution is 4.68. The maximum atomic E-state index is 8.79. The van der Waals surface area contributed by atoms with Gasteiger partial charge >= 0.3 is 0 Å². The van der Waals surface area contributed by atoms with Crippen molar-refractivity contribution in [1.82, 2.24) is 10.2 Å². The van der Waals surface area contributed by atoms with Gasteiger partial charge in [0, 0.05) is 19.2 Å². The summed E-state index contributed by atoms with van der Waals surface area (Å²) >= 11 is 0. The van der Waals surface area contributed by atoms with Crippen molar-refractivity contribution in [2.24, 2.45) is 0 Å². The Hall–Kier alpha value is -0.120. The molecule has 0 fully saturated rings. The molecule has 1 unspecified atom stereocenters. The van der Waals surface area contributed by atoms with Crippen molar-refractivity contribution in [2.45, 2.75) is 26.3 Å². The van der Waals surface area contributed by atoms with Crippen LogP contribution in [-0.2, 0) is 0 Å². The van der Waals surface area contributed by atoms with E-state index >= 15 is 0 Å². The Morgan fingerprint density at radius 1 is 1.42 bits per heavy atom. The van der Waals surface area contributed by atoms with E-state index in [1.807, 2.05) is 0 Å². The molecule has 1 atom stereocenters. The van der Waals surface area contributed by atoms with E-state index < -0.39 is 0 Å². The first-order chi connectivity index (χ1) is 5.74. The highest BCUT2D eigenvalue weighted by Crippen LogP contribution is 1.94. The third-order valence-corrected chi connectivity index (χ3v) is 2.04. The minimum atomic E-state index is 0.273. The number of likely N-dealkylation sites (N-methyl/N-ethyl adjacent to an activating group) is 2. The molecule has 0 aliphatic carbocycles. The summed E-state index contributed by atoms with van der Waals surface area (Å²) in [6, 6.07) is 0.435. The van der Waals surface area contributed by atoms with Crippen LogP contribution < -0.4 is 5.32 Å². The maximum absolute atomic E-state index is 8.79. The van der Waals surface area contributed by atoms with Crippen molar-refractivity contribution in [1.29, 1.82) is 0 Å². The zero-order valence-corrected chi connectivity index (χ0v) is 8.51. The highest BCUT2D eigenvalue weighted by atomic mass is 16.3. The van der Waals surface area contributed by atoms with Crippen molar-refractivity contribution in [3.05, 3.63) is 0 Å². The molecule has 74 valence electrons. The van der Waals surface area contributed by atoms with E-state index in [1.165, 1.54) is 0 Å². The SMILES string of the molecule is CCNC(CCO)CN(C)CC. The van der Waals surface area contributed by atoms with Crippen LogP contribution >= 0.6 is 0 Å². The van der Waals surface area contributed by atoms with Crippen LogP contribution in [0.5, 0.6) is 0 Å². The number of hydrogen-bond donors (Lipinski definition) is 2. The lowest BCUT2D eigenvalue weighted by Crippen LogP contribution is -2.40. The van der Waals surface area contributed by atoms with Gasteiger partial charge in [0.1, 0.15) is 0 Å². The summed E-state index contributed by atoms with van der Waals surface area (Å²) in [5, 5.41) is 12.1. The molecule has 12 heavy (non-hydrogen) atoms. The lowest BCUT2D eigenvalue weighted by atomic mass is 10.2. The van der Waals surface area contributed by atoms with Crippen molar-refractivity contribution < 1.29 is 5.11 Å². The van der Waals surface area contributed by atoms with E-state index in [9.17, 15) is 0 Å². The summed E-state index contributed by atoms with van der Waals surface area (Å²) in [5.74, 6) is 0. The van der Waals surface area contributed by atoms with Crippen LogP contribution in [0.15, 0.2) is 0 Å². The first-order valence-electron chi connectivity index (χ1n) is 4.77. The van der Waals surface area contributed by atoms with Crippen LogP contribution in [0.3, 0.4) is 0 Å². The Morgan fingerprint density at radius 3 is 2.50 bits per heavy atom. The predicted octanol–water partition coefficient (Wildman–Crippen LogP) is 0.299. The lowest BCUT2D eigenvalue weighted by molar-refractivity contribution is 0.234. The van der Waals surface area contributed by atoms with E-state index in [-0.39, 0.29) is 6.61 Å². The molecule has 0 aromatic rings. The zero-order valence-electron chi connectivity index (χ0n) is 8.51. The van der Waals surface area contributed by atoms with Gasteiger partial charge < -0.3 is 15.3 Å². The molecule has 0 heterocycles. The monoisotopic (exact) mass is 174 g/mol. The number of nitrogens with zero attached hydrogens (tertiary/aromatic N) is 1. The van der Waals surface area contributed by atoms with Gasteiger partial charge in [0.15, 0.2) is 0 Å². The molecule has 0 saturated carbocycles. The Balaban J connectivity index is 3.61.